The first-order chi connectivity index (χ1) is 14.9. The minimum Gasteiger partial charge on any atom is -0.336 e. The van der Waals surface area contributed by atoms with Gasteiger partial charge in [-0.2, -0.15) is 0 Å². The maximum atomic E-state index is 6.18. The van der Waals surface area contributed by atoms with Gasteiger partial charge in [-0.3, -0.25) is 0 Å². The Balaban J connectivity index is 1.73. The van der Waals surface area contributed by atoms with Crippen molar-refractivity contribution in [2.45, 2.75) is 89.9 Å². The summed E-state index contributed by atoms with van der Waals surface area (Å²) in [6, 6.07) is 5.93. The SMILES string of the molecule is CC1(C)CSC(C2CCCCCCCCCCC2)N(C(=S)Nc2ccc(Cl)c(Br)c2)C1. The molecule has 174 valence electrons. The van der Waals surface area contributed by atoms with Crippen LogP contribution in [0.5, 0.6) is 0 Å². The fourth-order valence-electron chi connectivity index (χ4n) is 4.82. The highest BCUT2D eigenvalue weighted by molar-refractivity contribution is 9.10. The molecule has 1 aliphatic carbocycles. The third-order valence-electron chi connectivity index (χ3n) is 6.54. The normalized spacial score (nSPS) is 24.1. The molecular formula is C25H38BrClN2S2. The Labute approximate surface area is 212 Å². The van der Waals surface area contributed by atoms with Gasteiger partial charge in [-0.15, -0.1) is 11.8 Å². The van der Waals surface area contributed by atoms with Crippen LogP contribution in [0.15, 0.2) is 22.7 Å². The molecule has 1 saturated carbocycles. The second-order valence-electron chi connectivity index (χ2n) is 10.1. The summed E-state index contributed by atoms with van der Waals surface area (Å²) in [5.41, 5.74) is 1.26. The van der Waals surface area contributed by atoms with Crippen LogP contribution in [0.4, 0.5) is 5.69 Å². The average molecular weight is 546 g/mol. The number of anilines is 1. The molecule has 2 fully saturated rings. The number of thiocarbonyl (C=S) groups is 1. The molecule has 1 aromatic rings. The Bertz CT molecular complexity index is 715. The van der Waals surface area contributed by atoms with E-state index in [4.69, 9.17) is 23.8 Å². The van der Waals surface area contributed by atoms with Crippen LogP contribution in [0.3, 0.4) is 0 Å². The average Bonchev–Trinajstić information content (AvgIpc) is 2.71. The molecule has 2 nitrogen and oxygen atoms in total. The molecule has 6 heteroatoms. The standard InChI is InChI=1S/C25H38BrClN2S2/c1-25(2)17-29(24(30)28-20-14-15-22(27)21(26)16-20)23(31-18-25)19-12-10-8-6-4-3-5-7-9-11-13-19/h14-16,19,23H,3-13,17-18H2,1-2H3,(H,28,30). The molecule has 1 heterocycles. The van der Waals surface area contributed by atoms with Crippen molar-refractivity contribution in [1.29, 1.82) is 0 Å². The summed E-state index contributed by atoms with van der Waals surface area (Å²) >= 11 is 17.8. The van der Waals surface area contributed by atoms with Crippen LogP contribution in [0.25, 0.3) is 0 Å². The first-order valence-corrected chi connectivity index (χ1v) is 14.6. The molecule has 0 radical (unpaired) electrons. The topological polar surface area (TPSA) is 15.3 Å². The van der Waals surface area contributed by atoms with Crippen molar-refractivity contribution in [3.05, 3.63) is 27.7 Å². The summed E-state index contributed by atoms with van der Waals surface area (Å²) in [6.45, 7) is 5.75. The Kier molecular flexibility index (Phi) is 10.3. The van der Waals surface area contributed by atoms with E-state index in [1.807, 2.05) is 18.2 Å². The molecular weight excluding hydrogens is 508 g/mol. The second kappa shape index (κ2) is 12.5. The number of hydrogen-bond donors (Lipinski definition) is 1. The number of nitrogens with one attached hydrogen (secondary N) is 1. The first kappa shape index (κ1) is 25.6. The lowest BCUT2D eigenvalue weighted by Gasteiger charge is -2.47. The summed E-state index contributed by atoms with van der Waals surface area (Å²) in [4.78, 5) is 2.50. The number of thioether (sulfide) groups is 1. The van der Waals surface area contributed by atoms with Gasteiger partial charge in [0.25, 0.3) is 0 Å². The molecule has 1 aliphatic heterocycles. The molecule has 1 unspecified atom stereocenters. The predicted octanol–water partition coefficient (Wildman–Crippen LogP) is 9.12. The Hall–Kier alpha value is 0.0300. The van der Waals surface area contributed by atoms with E-state index in [2.05, 4.69) is 51.8 Å². The molecule has 1 aromatic carbocycles. The molecule has 0 aromatic heterocycles. The van der Waals surface area contributed by atoms with Crippen LogP contribution in [-0.2, 0) is 0 Å². The van der Waals surface area contributed by atoms with Crippen LogP contribution in [0.1, 0.15) is 84.5 Å². The zero-order valence-corrected chi connectivity index (χ0v) is 23.1. The zero-order chi connectivity index (χ0) is 22.3. The largest absolute Gasteiger partial charge is 0.336 e. The van der Waals surface area contributed by atoms with E-state index < -0.39 is 0 Å². The third kappa shape index (κ3) is 8.08. The van der Waals surface area contributed by atoms with E-state index in [0.29, 0.717) is 5.37 Å². The number of halogens is 2. The molecule has 3 rings (SSSR count). The summed E-state index contributed by atoms with van der Waals surface area (Å²) in [5, 5.41) is 5.56. The van der Waals surface area contributed by atoms with E-state index in [1.165, 1.54) is 76.4 Å². The minimum atomic E-state index is 0.263. The van der Waals surface area contributed by atoms with Gasteiger partial charge in [0.2, 0.25) is 0 Å². The summed E-state index contributed by atoms with van der Waals surface area (Å²) in [7, 11) is 0. The fourth-order valence-corrected chi connectivity index (χ4v) is 7.30. The highest BCUT2D eigenvalue weighted by Gasteiger charge is 2.38. The highest BCUT2D eigenvalue weighted by atomic mass is 79.9. The Morgan fingerprint density at radius 3 is 2.23 bits per heavy atom. The van der Waals surface area contributed by atoms with Crippen LogP contribution in [0.2, 0.25) is 5.02 Å². The first-order valence-electron chi connectivity index (χ1n) is 12.0. The molecule has 0 amide bonds. The van der Waals surface area contributed by atoms with Gasteiger partial charge in [-0.05, 0) is 70.5 Å². The van der Waals surface area contributed by atoms with Crippen LogP contribution in [0, 0.1) is 11.3 Å². The minimum absolute atomic E-state index is 0.263. The highest BCUT2D eigenvalue weighted by Crippen LogP contribution is 2.41. The third-order valence-corrected chi connectivity index (χ3v) is 10.0. The fraction of sp³-hybridized carbons (Fsp3) is 0.720. The lowest BCUT2D eigenvalue weighted by Crippen LogP contribution is -2.53. The summed E-state index contributed by atoms with van der Waals surface area (Å²) in [5.74, 6) is 1.93. The van der Waals surface area contributed by atoms with Crippen molar-refractivity contribution in [2.75, 3.05) is 17.6 Å². The molecule has 1 atom stereocenters. The zero-order valence-electron chi connectivity index (χ0n) is 19.1. The van der Waals surface area contributed by atoms with Crippen molar-refractivity contribution in [2.24, 2.45) is 11.3 Å². The predicted molar refractivity (Wildman–Crippen MR) is 146 cm³/mol. The quantitative estimate of drug-likeness (QED) is 0.372. The van der Waals surface area contributed by atoms with Crippen molar-refractivity contribution in [1.82, 2.24) is 4.90 Å². The van der Waals surface area contributed by atoms with E-state index in [1.54, 1.807) is 0 Å². The number of hydrogen-bond acceptors (Lipinski definition) is 2. The number of rotatable bonds is 2. The molecule has 0 bridgehead atoms. The van der Waals surface area contributed by atoms with Crippen molar-refractivity contribution >= 4 is 62.3 Å². The van der Waals surface area contributed by atoms with Crippen LogP contribution < -0.4 is 5.32 Å². The van der Waals surface area contributed by atoms with E-state index in [-0.39, 0.29) is 5.41 Å². The van der Waals surface area contributed by atoms with Gasteiger partial charge in [-0.1, -0.05) is 83.2 Å². The van der Waals surface area contributed by atoms with Crippen LogP contribution in [-0.4, -0.2) is 27.7 Å². The molecule has 0 spiro atoms. The lowest BCUT2D eigenvalue weighted by atomic mass is 9.90. The van der Waals surface area contributed by atoms with E-state index in [9.17, 15) is 0 Å². The Morgan fingerprint density at radius 1 is 1.06 bits per heavy atom. The van der Waals surface area contributed by atoms with Gasteiger partial charge >= 0.3 is 0 Å². The van der Waals surface area contributed by atoms with Crippen molar-refractivity contribution < 1.29 is 0 Å². The summed E-state index contributed by atoms with van der Waals surface area (Å²) in [6.07, 6.45) is 15.3. The van der Waals surface area contributed by atoms with Gasteiger partial charge in [0, 0.05) is 22.5 Å². The lowest BCUT2D eigenvalue weighted by molar-refractivity contribution is 0.200. The molecule has 1 saturated heterocycles. The maximum Gasteiger partial charge on any atom is 0.174 e. The van der Waals surface area contributed by atoms with E-state index >= 15 is 0 Å². The Morgan fingerprint density at radius 2 is 1.65 bits per heavy atom. The number of benzene rings is 1. The number of nitrogens with zero attached hydrogens (tertiary/aromatic N) is 1. The van der Waals surface area contributed by atoms with Gasteiger partial charge in [-0.25, -0.2) is 0 Å². The summed E-state index contributed by atoms with van der Waals surface area (Å²) < 4.78 is 0.895. The molecule has 2 aliphatic rings. The van der Waals surface area contributed by atoms with Gasteiger partial charge < -0.3 is 10.2 Å². The van der Waals surface area contributed by atoms with Crippen molar-refractivity contribution in [3.8, 4) is 0 Å². The maximum absolute atomic E-state index is 6.18. The van der Waals surface area contributed by atoms with Crippen molar-refractivity contribution in [3.63, 3.8) is 0 Å². The molecule has 31 heavy (non-hydrogen) atoms. The monoisotopic (exact) mass is 544 g/mol. The van der Waals surface area contributed by atoms with Gasteiger partial charge in [0.05, 0.1) is 10.4 Å². The van der Waals surface area contributed by atoms with Crippen LogP contribution >= 0.6 is 51.5 Å². The van der Waals surface area contributed by atoms with E-state index in [0.717, 1.165) is 32.8 Å². The van der Waals surface area contributed by atoms with Gasteiger partial charge in [0.15, 0.2) is 5.11 Å². The molecule has 1 N–H and O–H groups in total. The smallest absolute Gasteiger partial charge is 0.174 e. The van der Waals surface area contributed by atoms with Gasteiger partial charge in [0.1, 0.15) is 0 Å². The second-order valence-corrected chi connectivity index (χ2v) is 12.8.